The van der Waals surface area contributed by atoms with Crippen molar-refractivity contribution in [1.29, 1.82) is 0 Å². The van der Waals surface area contributed by atoms with E-state index < -0.39 is 5.60 Å². The zero-order valence-corrected chi connectivity index (χ0v) is 12.1. The summed E-state index contributed by atoms with van der Waals surface area (Å²) in [5.41, 5.74) is -0.561. The van der Waals surface area contributed by atoms with Crippen LogP contribution in [0.2, 0.25) is 0 Å². The first-order valence-corrected chi connectivity index (χ1v) is 6.80. The Labute approximate surface area is 118 Å². The zero-order chi connectivity index (χ0) is 14.6. The van der Waals surface area contributed by atoms with Gasteiger partial charge in [-0.05, 0) is 32.6 Å². The fourth-order valence-electron chi connectivity index (χ4n) is 2.63. The fourth-order valence-corrected chi connectivity index (χ4v) is 2.63. The van der Waals surface area contributed by atoms with E-state index in [0.717, 1.165) is 25.7 Å². The summed E-state index contributed by atoms with van der Waals surface area (Å²) in [4.78, 5) is 21.0. The highest BCUT2D eigenvalue weighted by Gasteiger charge is 2.44. The molecule has 0 saturated heterocycles. The van der Waals surface area contributed by atoms with Gasteiger partial charge in [0.05, 0.1) is 20.4 Å². The van der Waals surface area contributed by atoms with Crippen molar-refractivity contribution in [3.8, 4) is 11.8 Å². The molecule has 2 rings (SSSR count). The average Bonchev–Trinajstić information content (AvgIpc) is 2.96. The third kappa shape index (κ3) is 2.60. The Hall–Kier alpha value is -1.69. The van der Waals surface area contributed by atoms with E-state index in [2.05, 4.69) is 9.97 Å². The van der Waals surface area contributed by atoms with E-state index in [-0.39, 0.29) is 17.4 Å². The summed E-state index contributed by atoms with van der Waals surface area (Å²) in [5, 5.41) is 0. The molecule has 1 aliphatic carbocycles. The lowest BCUT2D eigenvalue weighted by Crippen LogP contribution is -2.39. The highest BCUT2D eigenvalue weighted by atomic mass is 16.5. The van der Waals surface area contributed by atoms with E-state index in [0.29, 0.717) is 12.5 Å². The lowest BCUT2D eigenvalue weighted by Gasteiger charge is -2.27. The molecule has 1 saturated carbocycles. The van der Waals surface area contributed by atoms with Crippen molar-refractivity contribution in [1.82, 2.24) is 9.97 Å². The molecule has 1 aromatic rings. The number of carbonyl (C=O) groups excluding carboxylic acids is 1. The lowest BCUT2D eigenvalue weighted by atomic mass is 9.93. The first-order chi connectivity index (χ1) is 9.66. The zero-order valence-electron chi connectivity index (χ0n) is 12.1. The number of hydrogen-bond acceptors (Lipinski definition) is 6. The molecule has 6 nitrogen and oxygen atoms in total. The van der Waals surface area contributed by atoms with Crippen LogP contribution in [0.1, 0.15) is 43.1 Å². The number of Topliss-reactive ketones (excluding diaryl/α,β-unsaturated/α-hetero) is 1. The Balaban J connectivity index is 2.36. The van der Waals surface area contributed by atoms with Crippen LogP contribution in [-0.4, -0.2) is 42.2 Å². The lowest BCUT2D eigenvalue weighted by molar-refractivity contribution is -0.0169. The molecule has 0 spiro atoms. The first-order valence-electron chi connectivity index (χ1n) is 6.80. The maximum absolute atomic E-state index is 12.8. The monoisotopic (exact) mass is 280 g/mol. The Morgan fingerprint density at radius 1 is 1.30 bits per heavy atom. The summed E-state index contributed by atoms with van der Waals surface area (Å²) in [7, 11) is 2.95. The highest BCUT2D eigenvalue weighted by Crippen LogP contribution is 2.37. The number of nitrogens with zero attached hydrogens (tertiary/aromatic N) is 2. The minimum absolute atomic E-state index is 0.149. The molecule has 0 aliphatic heterocycles. The molecule has 1 aromatic heterocycles. The molecule has 1 heterocycles. The van der Waals surface area contributed by atoms with E-state index in [9.17, 15) is 4.79 Å². The second-order valence-electron chi connectivity index (χ2n) is 4.73. The van der Waals surface area contributed by atoms with Crippen molar-refractivity contribution in [2.24, 2.45) is 0 Å². The number of rotatable bonds is 6. The molecule has 0 N–H and O–H groups in total. The topological polar surface area (TPSA) is 70.5 Å². The normalized spacial score (nSPS) is 16.9. The third-order valence-corrected chi connectivity index (χ3v) is 3.58. The van der Waals surface area contributed by atoms with Crippen LogP contribution in [0, 0.1) is 0 Å². The molecule has 1 aliphatic rings. The van der Waals surface area contributed by atoms with Crippen molar-refractivity contribution < 1.29 is 19.0 Å². The maximum atomic E-state index is 12.8. The van der Waals surface area contributed by atoms with Crippen LogP contribution in [0.4, 0.5) is 0 Å². The Morgan fingerprint density at radius 3 is 2.55 bits per heavy atom. The second-order valence-corrected chi connectivity index (χ2v) is 4.73. The van der Waals surface area contributed by atoms with E-state index in [1.165, 1.54) is 20.4 Å². The molecule has 0 aromatic carbocycles. The minimum Gasteiger partial charge on any atom is -0.480 e. The molecule has 110 valence electrons. The van der Waals surface area contributed by atoms with Gasteiger partial charge in [-0.3, -0.25) is 4.79 Å². The van der Waals surface area contributed by atoms with E-state index >= 15 is 0 Å². The van der Waals surface area contributed by atoms with Crippen LogP contribution in [0.15, 0.2) is 6.20 Å². The van der Waals surface area contributed by atoms with Crippen molar-refractivity contribution in [3.63, 3.8) is 0 Å². The predicted octanol–water partition coefficient (Wildman–Crippen LogP) is 2.03. The second kappa shape index (κ2) is 6.17. The fraction of sp³-hybridized carbons (Fsp3) is 0.643. The Morgan fingerprint density at radius 2 is 2.00 bits per heavy atom. The van der Waals surface area contributed by atoms with Crippen LogP contribution in [0.3, 0.4) is 0 Å². The molecule has 0 amide bonds. The molecule has 0 bridgehead atoms. The van der Waals surface area contributed by atoms with E-state index in [4.69, 9.17) is 14.2 Å². The van der Waals surface area contributed by atoms with Gasteiger partial charge in [0.25, 0.3) is 0 Å². The largest absolute Gasteiger partial charge is 0.480 e. The van der Waals surface area contributed by atoms with Gasteiger partial charge in [0, 0.05) is 6.61 Å². The van der Waals surface area contributed by atoms with Crippen LogP contribution >= 0.6 is 0 Å². The van der Waals surface area contributed by atoms with Gasteiger partial charge in [-0.15, -0.1) is 0 Å². The van der Waals surface area contributed by atoms with Gasteiger partial charge in [-0.1, -0.05) is 0 Å². The number of methoxy groups -OCH3 is 2. The molecular formula is C14H20N2O4. The molecule has 0 unspecified atom stereocenters. The van der Waals surface area contributed by atoms with E-state index in [1.807, 2.05) is 6.92 Å². The average molecular weight is 280 g/mol. The van der Waals surface area contributed by atoms with Crippen molar-refractivity contribution >= 4 is 5.78 Å². The number of ketones is 1. The highest BCUT2D eigenvalue weighted by molar-refractivity contribution is 6.02. The molecular weight excluding hydrogens is 260 g/mol. The molecule has 20 heavy (non-hydrogen) atoms. The summed E-state index contributed by atoms with van der Waals surface area (Å²) in [5.74, 6) is 0.347. The van der Waals surface area contributed by atoms with Gasteiger partial charge >= 0.3 is 0 Å². The summed E-state index contributed by atoms with van der Waals surface area (Å²) < 4.78 is 15.9. The van der Waals surface area contributed by atoms with Crippen LogP contribution in [0.25, 0.3) is 0 Å². The van der Waals surface area contributed by atoms with Crippen molar-refractivity contribution in [3.05, 3.63) is 11.9 Å². The third-order valence-electron chi connectivity index (χ3n) is 3.58. The van der Waals surface area contributed by atoms with Gasteiger partial charge in [0.2, 0.25) is 17.5 Å². The number of ether oxygens (including phenoxy) is 3. The van der Waals surface area contributed by atoms with Gasteiger partial charge in [-0.2, -0.15) is 4.98 Å². The van der Waals surface area contributed by atoms with Crippen LogP contribution in [0.5, 0.6) is 11.8 Å². The smallest absolute Gasteiger partial charge is 0.246 e. The molecule has 1 fully saturated rings. The van der Waals surface area contributed by atoms with Gasteiger partial charge in [0.15, 0.2) is 5.69 Å². The van der Waals surface area contributed by atoms with Crippen molar-refractivity contribution in [2.45, 2.75) is 38.2 Å². The van der Waals surface area contributed by atoms with Crippen LogP contribution in [-0.2, 0) is 4.74 Å². The van der Waals surface area contributed by atoms with Crippen LogP contribution < -0.4 is 9.47 Å². The van der Waals surface area contributed by atoms with Gasteiger partial charge < -0.3 is 14.2 Å². The van der Waals surface area contributed by atoms with Gasteiger partial charge in [-0.25, -0.2) is 4.98 Å². The number of hydrogen-bond donors (Lipinski definition) is 0. The summed E-state index contributed by atoms with van der Waals surface area (Å²) in [6.07, 6.45) is 4.83. The summed E-state index contributed by atoms with van der Waals surface area (Å²) in [6, 6.07) is 0. The quantitative estimate of drug-likeness (QED) is 0.742. The SMILES string of the molecule is CCOC1(C(=O)c2ncc(OC)nc2OC)CCCC1. The van der Waals surface area contributed by atoms with Gasteiger partial charge in [0.1, 0.15) is 5.60 Å². The Kier molecular flexibility index (Phi) is 4.54. The predicted molar refractivity (Wildman–Crippen MR) is 72.3 cm³/mol. The Bertz CT molecular complexity index is 484. The molecule has 0 radical (unpaired) electrons. The number of aromatic nitrogens is 2. The maximum Gasteiger partial charge on any atom is 0.246 e. The number of carbonyl (C=O) groups is 1. The first kappa shape index (κ1) is 14.7. The molecule has 6 heteroatoms. The minimum atomic E-state index is -0.773. The van der Waals surface area contributed by atoms with Crippen molar-refractivity contribution in [2.75, 3.05) is 20.8 Å². The van der Waals surface area contributed by atoms with E-state index in [1.54, 1.807) is 0 Å². The molecule has 0 atom stereocenters. The summed E-state index contributed by atoms with van der Waals surface area (Å²) >= 11 is 0. The summed E-state index contributed by atoms with van der Waals surface area (Å²) in [6.45, 7) is 2.39. The standard InChI is InChI=1S/C14H20N2O4/c1-4-20-14(7-5-6-8-14)12(17)11-13(19-3)16-10(18-2)9-15-11/h9H,4-8H2,1-3H3.